The normalized spacial score (nSPS) is 10.1. The maximum atomic E-state index is 11.3. The maximum Gasteiger partial charge on any atom is 0.252 e. The molecule has 0 radical (unpaired) electrons. The second kappa shape index (κ2) is 5.10. The summed E-state index contributed by atoms with van der Waals surface area (Å²) in [5.74, 6) is 0.292. The molecule has 4 N–H and O–H groups in total. The average Bonchev–Trinajstić information content (AvgIpc) is 2.34. The van der Waals surface area contributed by atoms with Gasteiger partial charge in [-0.2, -0.15) is 0 Å². The summed E-state index contributed by atoms with van der Waals surface area (Å²) >= 11 is 3.33. The largest absolute Gasteiger partial charge is 0.454 e. The van der Waals surface area contributed by atoms with Crippen molar-refractivity contribution in [2.24, 2.45) is 5.73 Å². The van der Waals surface area contributed by atoms with Gasteiger partial charge in [-0.3, -0.25) is 4.79 Å². The molecule has 92 valence electrons. The van der Waals surface area contributed by atoms with Crippen LogP contribution in [0.3, 0.4) is 0 Å². The summed E-state index contributed by atoms with van der Waals surface area (Å²) in [7, 11) is 0. The van der Waals surface area contributed by atoms with E-state index in [0.29, 0.717) is 11.4 Å². The smallest absolute Gasteiger partial charge is 0.252 e. The molecule has 0 atom stereocenters. The lowest BCUT2D eigenvalue weighted by molar-refractivity contribution is 0.0998. The Morgan fingerprint density at radius 1 is 1.11 bits per heavy atom. The molecule has 0 unspecified atom stereocenters. The summed E-state index contributed by atoms with van der Waals surface area (Å²) in [6.07, 6.45) is 0. The van der Waals surface area contributed by atoms with Crippen molar-refractivity contribution >= 4 is 27.5 Å². The average molecular weight is 307 g/mol. The lowest BCUT2D eigenvalue weighted by atomic mass is 10.1. The zero-order chi connectivity index (χ0) is 13.1. The minimum Gasteiger partial charge on any atom is -0.454 e. The number of anilines is 1. The Hall–Kier alpha value is -2.01. The molecule has 4 nitrogen and oxygen atoms in total. The first-order valence-electron chi connectivity index (χ1n) is 5.19. The lowest BCUT2D eigenvalue weighted by Crippen LogP contribution is -2.13. The number of nitrogens with two attached hydrogens (primary N) is 2. The third-order valence-corrected chi connectivity index (χ3v) is 2.87. The number of ether oxygens (including phenoxy) is 1. The first-order chi connectivity index (χ1) is 8.58. The van der Waals surface area contributed by atoms with E-state index >= 15 is 0 Å². The van der Waals surface area contributed by atoms with Crippen molar-refractivity contribution in [1.29, 1.82) is 0 Å². The molecule has 0 bridgehead atoms. The molecule has 0 aliphatic rings. The third-order valence-electron chi connectivity index (χ3n) is 2.34. The molecule has 0 fully saturated rings. The molecule has 1 amide bonds. The molecule has 2 aromatic carbocycles. The van der Waals surface area contributed by atoms with Gasteiger partial charge in [0.25, 0.3) is 5.91 Å². The van der Waals surface area contributed by atoms with Crippen molar-refractivity contribution in [2.45, 2.75) is 0 Å². The van der Waals surface area contributed by atoms with Crippen LogP contribution in [0.1, 0.15) is 10.4 Å². The van der Waals surface area contributed by atoms with Gasteiger partial charge in [0.1, 0.15) is 5.75 Å². The van der Waals surface area contributed by atoms with E-state index in [1.54, 1.807) is 30.3 Å². The molecule has 18 heavy (non-hydrogen) atoms. The fourth-order valence-electron chi connectivity index (χ4n) is 1.48. The Labute approximate surface area is 113 Å². The summed E-state index contributed by atoms with van der Waals surface area (Å²) in [5, 5.41) is 0. The minimum atomic E-state index is -0.575. The number of primary amides is 1. The predicted molar refractivity (Wildman–Crippen MR) is 73.6 cm³/mol. The van der Waals surface area contributed by atoms with Crippen LogP contribution in [-0.2, 0) is 0 Å². The Bertz CT molecular complexity index is 582. The zero-order valence-electron chi connectivity index (χ0n) is 9.39. The van der Waals surface area contributed by atoms with Crippen LogP contribution >= 0.6 is 15.9 Å². The fraction of sp³-hybridized carbons (Fsp3) is 0. The monoisotopic (exact) mass is 306 g/mol. The van der Waals surface area contributed by atoms with Crippen molar-refractivity contribution in [3.05, 3.63) is 52.5 Å². The number of hydrogen-bond acceptors (Lipinski definition) is 3. The molecule has 0 heterocycles. The highest BCUT2D eigenvalue weighted by atomic mass is 79.9. The van der Waals surface area contributed by atoms with Crippen molar-refractivity contribution < 1.29 is 9.53 Å². The summed E-state index contributed by atoms with van der Waals surface area (Å²) in [6, 6.07) is 12.1. The molecule has 0 aromatic heterocycles. The molecule has 5 heteroatoms. The van der Waals surface area contributed by atoms with Crippen LogP contribution in [-0.4, -0.2) is 5.91 Å². The molecule has 0 aliphatic heterocycles. The van der Waals surface area contributed by atoms with E-state index in [9.17, 15) is 4.79 Å². The second-order valence-electron chi connectivity index (χ2n) is 3.64. The van der Waals surface area contributed by atoms with Crippen LogP contribution in [0, 0.1) is 0 Å². The molecule has 0 spiro atoms. The van der Waals surface area contributed by atoms with E-state index in [2.05, 4.69) is 15.9 Å². The molecule has 0 aliphatic carbocycles. The molecule has 2 aromatic rings. The van der Waals surface area contributed by atoms with Crippen LogP contribution in [0.25, 0.3) is 0 Å². The molecular weight excluding hydrogens is 296 g/mol. The zero-order valence-corrected chi connectivity index (χ0v) is 11.0. The number of carbonyl (C=O) groups is 1. The Kier molecular flexibility index (Phi) is 3.53. The summed E-state index contributed by atoms with van der Waals surface area (Å²) in [4.78, 5) is 11.3. The summed E-state index contributed by atoms with van der Waals surface area (Å²) < 4.78 is 6.55. The Morgan fingerprint density at radius 2 is 1.78 bits per heavy atom. The molecule has 2 rings (SSSR count). The number of benzene rings is 2. The summed E-state index contributed by atoms with van der Waals surface area (Å²) in [5.41, 5.74) is 11.7. The number of nitrogen functional groups attached to an aromatic ring is 1. The SMILES string of the molecule is NC(=O)c1cccc(N)c1Oc1ccc(Br)cc1. The van der Waals surface area contributed by atoms with Crippen LogP contribution in [0.5, 0.6) is 11.5 Å². The van der Waals surface area contributed by atoms with Gasteiger partial charge in [-0.05, 0) is 36.4 Å². The fourth-order valence-corrected chi connectivity index (χ4v) is 1.75. The topological polar surface area (TPSA) is 78.3 Å². The first-order valence-corrected chi connectivity index (χ1v) is 5.99. The number of hydrogen-bond donors (Lipinski definition) is 2. The van der Waals surface area contributed by atoms with Crippen LogP contribution in [0.4, 0.5) is 5.69 Å². The molecular formula is C13H11BrN2O2. The van der Waals surface area contributed by atoms with Gasteiger partial charge >= 0.3 is 0 Å². The van der Waals surface area contributed by atoms with Gasteiger partial charge in [0.15, 0.2) is 5.75 Å². The second-order valence-corrected chi connectivity index (χ2v) is 4.56. The standard InChI is InChI=1S/C13H11BrN2O2/c14-8-4-6-9(7-5-8)18-12-10(13(16)17)2-1-3-11(12)15/h1-7H,15H2,(H2,16,17). The van der Waals surface area contributed by atoms with Crippen LogP contribution in [0.2, 0.25) is 0 Å². The van der Waals surface area contributed by atoms with Gasteiger partial charge in [0.2, 0.25) is 0 Å². The van der Waals surface area contributed by atoms with E-state index in [-0.39, 0.29) is 11.3 Å². The maximum absolute atomic E-state index is 11.3. The van der Waals surface area contributed by atoms with Crippen LogP contribution in [0.15, 0.2) is 46.9 Å². The van der Waals surface area contributed by atoms with Gasteiger partial charge < -0.3 is 16.2 Å². The number of para-hydroxylation sites is 1. The van der Waals surface area contributed by atoms with E-state index in [0.717, 1.165) is 4.47 Å². The Morgan fingerprint density at radius 3 is 2.39 bits per heavy atom. The van der Waals surface area contributed by atoms with Crippen molar-refractivity contribution in [3.63, 3.8) is 0 Å². The molecule has 0 saturated heterocycles. The number of halogens is 1. The predicted octanol–water partition coefficient (Wildman–Crippen LogP) is 2.92. The number of carbonyl (C=O) groups excluding carboxylic acids is 1. The number of amides is 1. The van der Waals surface area contributed by atoms with Crippen LogP contribution < -0.4 is 16.2 Å². The van der Waals surface area contributed by atoms with Gasteiger partial charge in [-0.25, -0.2) is 0 Å². The van der Waals surface area contributed by atoms with Crippen molar-refractivity contribution in [2.75, 3.05) is 5.73 Å². The highest BCUT2D eigenvalue weighted by molar-refractivity contribution is 9.10. The van der Waals surface area contributed by atoms with E-state index in [4.69, 9.17) is 16.2 Å². The third kappa shape index (κ3) is 2.62. The van der Waals surface area contributed by atoms with Crippen molar-refractivity contribution in [1.82, 2.24) is 0 Å². The van der Waals surface area contributed by atoms with Gasteiger partial charge in [0.05, 0.1) is 11.3 Å². The number of rotatable bonds is 3. The lowest BCUT2D eigenvalue weighted by Gasteiger charge is -2.11. The van der Waals surface area contributed by atoms with E-state index in [1.165, 1.54) is 0 Å². The highest BCUT2D eigenvalue weighted by Gasteiger charge is 2.13. The summed E-state index contributed by atoms with van der Waals surface area (Å²) in [6.45, 7) is 0. The molecule has 0 saturated carbocycles. The quantitative estimate of drug-likeness (QED) is 0.856. The van der Waals surface area contributed by atoms with E-state index in [1.807, 2.05) is 12.1 Å². The van der Waals surface area contributed by atoms with Crippen molar-refractivity contribution in [3.8, 4) is 11.5 Å². The minimum absolute atomic E-state index is 0.262. The van der Waals surface area contributed by atoms with E-state index < -0.39 is 5.91 Å². The van der Waals surface area contributed by atoms with Gasteiger partial charge in [-0.1, -0.05) is 22.0 Å². The Balaban J connectivity index is 2.39. The highest BCUT2D eigenvalue weighted by Crippen LogP contribution is 2.31. The first kappa shape index (κ1) is 12.4. The van der Waals surface area contributed by atoms with Gasteiger partial charge in [-0.15, -0.1) is 0 Å². The van der Waals surface area contributed by atoms with Gasteiger partial charge in [0, 0.05) is 4.47 Å².